The van der Waals surface area contributed by atoms with Crippen molar-refractivity contribution in [2.24, 2.45) is 0 Å². The van der Waals surface area contributed by atoms with Gasteiger partial charge in [0.2, 0.25) is 0 Å². The number of hydrogen-bond acceptors (Lipinski definition) is 6. The molecule has 1 unspecified atom stereocenters. The lowest BCUT2D eigenvalue weighted by Gasteiger charge is -2.39. The number of hydrogen-bond donors (Lipinski definition) is 1. The van der Waals surface area contributed by atoms with Gasteiger partial charge in [-0.1, -0.05) is 0 Å². The number of methoxy groups -OCH3 is 1. The molecule has 126 valence electrons. The molecule has 0 aromatic heterocycles. The molecule has 2 aliphatic heterocycles. The molecule has 2 aliphatic rings. The zero-order valence-corrected chi connectivity index (χ0v) is 13.1. The number of ether oxygens (including phenoxy) is 1. The molecule has 0 bridgehead atoms. The van der Waals surface area contributed by atoms with E-state index in [2.05, 4.69) is 10.2 Å². The summed E-state index contributed by atoms with van der Waals surface area (Å²) < 4.78 is 19.3. The average Bonchev–Trinajstić information content (AvgIpc) is 3.09. The van der Waals surface area contributed by atoms with Crippen molar-refractivity contribution in [1.29, 1.82) is 0 Å². The second kappa shape index (κ2) is 6.67. The van der Waals surface area contributed by atoms with Crippen molar-refractivity contribution >= 4 is 11.4 Å². The minimum atomic E-state index is -0.628. The zero-order chi connectivity index (χ0) is 16.4. The molecule has 1 atom stereocenters. The average molecular weight is 324 g/mol. The monoisotopic (exact) mass is 324 g/mol. The van der Waals surface area contributed by atoms with Gasteiger partial charge in [0.05, 0.1) is 23.8 Å². The maximum Gasteiger partial charge on any atom is 0.313 e. The molecule has 1 aromatic carbocycles. The van der Waals surface area contributed by atoms with Crippen LogP contribution in [-0.2, 0) is 0 Å². The third-order valence-electron chi connectivity index (χ3n) is 4.65. The molecule has 3 rings (SSSR count). The first kappa shape index (κ1) is 15.9. The number of nitro benzene ring substituents is 1. The Morgan fingerprint density at radius 1 is 1.35 bits per heavy atom. The Morgan fingerprint density at radius 2 is 2.09 bits per heavy atom. The number of nitrogens with one attached hydrogen (secondary N) is 1. The Balaban J connectivity index is 1.73. The molecule has 7 nitrogen and oxygen atoms in total. The van der Waals surface area contributed by atoms with Gasteiger partial charge in [-0.3, -0.25) is 15.0 Å². The Bertz CT molecular complexity index is 584. The fraction of sp³-hybridized carbons (Fsp3) is 0.600. The van der Waals surface area contributed by atoms with Crippen molar-refractivity contribution in [3.63, 3.8) is 0 Å². The largest absolute Gasteiger partial charge is 0.490 e. The molecular formula is C15H21FN4O3. The SMILES string of the molecule is COc1cc(N2CCN(C3CCNC3)CC2)c(F)cc1[N+](=O)[O-]. The quantitative estimate of drug-likeness (QED) is 0.663. The van der Waals surface area contributed by atoms with Gasteiger partial charge in [0.1, 0.15) is 0 Å². The predicted octanol–water partition coefficient (Wildman–Crippen LogP) is 1.23. The van der Waals surface area contributed by atoms with Gasteiger partial charge < -0.3 is 15.0 Å². The van der Waals surface area contributed by atoms with E-state index in [0.717, 1.165) is 38.7 Å². The molecular weight excluding hydrogens is 303 g/mol. The highest BCUT2D eigenvalue weighted by molar-refractivity contribution is 5.60. The number of anilines is 1. The van der Waals surface area contributed by atoms with E-state index in [1.807, 2.05) is 4.90 Å². The summed E-state index contributed by atoms with van der Waals surface area (Å²) in [4.78, 5) is 14.7. The smallest absolute Gasteiger partial charge is 0.313 e. The highest BCUT2D eigenvalue weighted by Crippen LogP contribution is 2.34. The Labute approximate surface area is 134 Å². The molecule has 0 radical (unpaired) electrons. The summed E-state index contributed by atoms with van der Waals surface area (Å²) in [5.74, 6) is -0.484. The summed E-state index contributed by atoms with van der Waals surface area (Å²) in [6.07, 6.45) is 1.15. The Kier molecular flexibility index (Phi) is 4.63. The van der Waals surface area contributed by atoms with Crippen LogP contribution in [0.2, 0.25) is 0 Å². The van der Waals surface area contributed by atoms with Crippen LogP contribution < -0.4 is 15.0 Å². The van der Waals surface area contributed by atoms with Gasteiger partial charge in [0, 0.05) is 44.8 Å². The first-order chi connectivity index (χ1) is 11.1. The molecule has 2 saturated heterocycles. The van der Waals surface area contributed by atoms with Crippen LogP contribution in [0.4, 0.5) is 15.8 Å². The minimum Gasteiger partial charge on any atom is -0.490 e. The standard InChI is InChI=1S/C15H21FN4O3/c1-23-15-9-13(12(16)8-14(15)20(21)22)19-6-4-18(5-7-19)11-2-3-17-10-11/h8-9,11,17H,2-7,10H2,1H3. The van der Waals surface area contributed by atoms with Crippen molar-refractivity contribution in [2.45, 2.75) is 12.5 Å². The van der Waals surface area contributed by atoms with Crippen LogP contribution in [-0.4, -0.2) is 62.2 Å². The van der Waals surface area contributed by atoms with Crippen molar-refractivity contribution in [3.05, 3.63) is 28.1 Å². The maximum absolute atomic E-state index is 14.3. The normalized spacial score (nSPS) is 22.3. The summed E-state index contributed by atoms with van der Waals surface area (Å²) in [7, 11) is 1.36. The second-order valence-electron chi connectivity index (χ2n) is 5.90. The summed E-state index contributed by atoms with van der Waals surface area (Å²) in [5, 5.41) is 14.3. The number of nitrogens with zero attached hydrogens (tertiary/aromatic N) is 3. The van der Waals surface area contributed by atoms with Gasteiger partial charge in [-0.25, -0.2) is 4.39 Å². The molecule has 2 heterocycles. The highest BCUT2D eigenvalue weighted by atomic mass is 19.1. The van der Waals surface area contributed by atoms with Gasteiger partial charge >= 0.3 is 5.69 Å². The first-order valence-electron chi connectivity index (χ1n) is 7.82. The van der Waals surface area contributed by atoms with Crippen LogP contribution in [0.25, 0.3) is 0 Å². The Hall–Kier alpha value is -1.93. The molecule has 0 amide bonds. The molecule has 1 aromatic rings. The van der Waals surface area contributed by atoms with Crippen LogP contribution >= 0.6 is 0 Å². The molecule has 8 heteroatoms. The third kappa shape index (κ3) is 3.23. The van der Waals surface area contributed by atoms with Crippen LogP contribution in [0.5, 0.6) is 5.75 Å². The molecule has 2 fully saturated rings. The lowest BCUT2D eigenvalue weighted by atomic mass is 10.1. The molecule has 0 saturated carbocycles. The van der Waals surface area contributed by atoms with Gasteiger partial charge in [-0.2, -0.15) is 0 Å². The summed E-state index contributed by atoms with van der Waals surface area (Å²) in [6, 6.07) is 2.94. The van der Waals surface area contributed by atoms with Crippen LogP contribution in [0.15, 0.2) is 12.1 Å². The first-order valence-corrected chi connectivity index (χ1v) is 7.82. The van der Waals surface area contributed by atoms with E-state index in [4.69, 9.17) is 4.74 Å². The predicted molar refractivity (Wildman–Crippen MR) is 84.7 cm³/mol. The second-order valence-corrected chi connectivity index (χ2v) is 5.90. The van der Waals surface area contributed by atoms with E-state index in [0.29, 0.717) is 24.8 Å². The van der Waals surface area contributed by atoms with Gasteiger partial charge in [0.15, 0.2) is 11.6 Å². The lowest BCUT2D eigenvalue weighted by Crippen LogP contribution is -2.51. The van der Waals surface area contributed by atoms with Gasteiger partial charge in [-0.05, 0) is 13.0 Å². The summed E-state index contributed by atoms with van der Waals surface area (Å²) >= 11 is 0. The van der Waals surface area contributed by atoms with E-state index in [1.165, 1.54) is 13.2 Å². The minimum absolute atomic E-state index is 0.0915. The van der Waals surface area contributed by atoms with Gasteiger partial charge in [0.25, 0.3) is 0 Å². The summed E-state index contributed by atoms with van der Waals surface area (Å²) in [5.41, 5.74) is 0.0288. The molecule has 0 aliphatic carbocycles. The molecule has 23 heavy (non-hydrogen) atoms. The van der Waals surface area contributed by atoms with Crippen LogP contribution in [0.3, 0.4) is 0 Å². The topological polar surface area (TPSA) is 70.9 Å². The maximum atomic E-state index is 14.3. The number of rotatable bonds is 4. The zero-order valence-electron chi connectivity index (χ0n) is 13.1. The fourth-order valence-electron chi connectivity index (χ4n) is 3.36. The van der Waals surface area contributed by atoms with Crippen LogP contribution in [0, 0.1) is 15.9 Å². The third-order valence-corrected chi connectivity index (χ3v) is 4.65. The van der Waals surface area contributed by atoms with Crippen molar-refractivity contribution in [2.75, 3.05) is 51.3 Å². The lowest BCUT2D eigenvalue weighted by molar-refractivity contribution is -0.385. The van der Waals surface area contributed by atoms with E-state index < -0.39 is 10.7 Å². The van der Waals surface area contributed by atoms with E-state index >= 15 is 0 Å². The summed E-state index contributed by atoms with van der Waals surface area (Å²) in [6.45, 7) is 5.21. The van der Waals surface area contributed by atoms with Crippen molar-refractivity contribution in [3.8, 4) is 5.75 Å². The molecule has 0 spiro atoms. The Morgan fingerprint density at radius 3 is 2.65 bits per heavy atom. The number of piperazine rings is 1. The number of halogens is 1. The highest BCUT2D eigenvalue weighted by Gasteiger charge is 2.28. The fourth-order valence-corrected chi connectivity index (χ4v) is 3.36. The van der Waals surface area contributed by atoms with Gasteiger partial charge in [-0.15, -0.1) is 0 Å². The number of nitro groups is 1. The van der Waals surface area contributed by atoms with E-state index in [-0.39, 0.29) is 11.4 Å². The molecule has 1 N–H and O–H groups in total. The number of benzene rings is 1. The van der Waals surface area contributed by atoms with Crippen molar-refractivity contribution in [1.82, 2.24) is 10.2 Å². The van der Waals surface area contributed by atoms with Crippen LogP contribution in [0.1, 0.15) is 6.42 Å². The van der Waals surface area contributed by atoms with E-state index in [1.54, 1.807) is 0 Å². The van der Waals surface area contributed by atoms with E-state index in [9.17, 15) is 14.5 Å². The van der Waals surface area contributed by atoms with Crippen molar-refractivity contribution < 1.29 is 14.1 Å².